The van der Waals surface area contributed by atoms with Gasteiger partial charge in [0.15, 0.2) is 0 Å². The van der Waals surface area contributed by atoms with Gasteiger partial charge >= 0.3 is 0 Å². The average Bonchev–Trinajstić information content (AvgIpc) is 2.77. The van der Waals surface area contributed by atoms with Gasteiger partial charge in [-0.3, -0.25) is 9.48 Å². The average molecular weight is 279 g/mol. The summed E-state index contributed by atoms with van der Waals surface area (Å²) in [4.78, 5) is 12.2. The van der Waals surface area contributed by atoms with Crippen molar-refractivity contribution in [1.29, 1.82) is 0 Å². The lowest BCUT2D eigenvalue weighted by atomic mass is 10.1. The van der Waals surface area contributed by atoms with Gasteiger partial charge in [-0.05, 0) is 25.1 Å². The van der Waals surface area contributed by atoms with Gasteiger partial charge < -0.3 is 10.6 Å². The number of rotatable bonds is 4. The lowest BCUT2D eigenvalue weighted by Gasteiger charge is -2.10. The Labute approximate surface area is 116 Å². The fourth-order valence-corrected chi connectivity index (χ4v) is 1.91. The molecule has 0 unspecified atom stereocenters. The normalized spacial score (nSPS) is 10.3. The Kier molecular flexibility index (Phi) is 4.06. The molecule has 0 aliphatic carbocycles. The van der Waals surface area contributed by atoms with Crippen molar-refractivity contribution in [2.75, 3.05) is 17.2 Å². The zero-order valence-electron chi connectivity index (χ0n) is 10.8. The van der Waals surface area contributed by atoms with E-state index in [1.165, 1.54) is 0 Å². The predicted molar refractivity (Wildman–Crippen MR) is 76.8 cm³/mol. The van der Waals surface area contributed by atoms with Crippen LogP contribution in [-0.4, -0.2) is 22.2 Å². The molecule has 2 aromatic rings. The summed E-state index contributed by atoms with van der Waals surface area (Å²) in [6, 6.07) is 5.19. The van der Waals surface area contributed by atoms with Crippen molar-refractivity contribution in [3.05, 3.63) is 41.2 Å². The standard InChI is InChI=1S/C13H15ClN4O/c1-3-15-12-5-4-9(14)6-11(12)13(19)17-10-7-16-18(2)8-10/h4-8,15H,3H2,1-2H3,(H,17,19). The predicted octanol–water partition coefficient (Wildman–Crippen LogP) is 2.76. The smallest absolute Gasteiger partial charge is 0.257 e. The highest BCUT2D eigenvalue weighted by atomic mass is 35.5. The minimum absolute atomic E-state index is 0.216. The van der Waals surface area contributed by atoms with Gasteiger partial charge in [-0.2, -0.15) is 5.10 Å². The molecular weight excluding hydrogens is 264 g/mol. The van der Waals surface area contributed by atoms with Crippen LogP contribution in [0.25, 0.3) is 0 Å². The molecule has 0 fully saturated rings. The van der Waals surface area contributed by atoms with E-state index in [1.54, 1.807) is 42.3 Å². The van der Waals surface area contributed by atoms with Gasteiger partial charge in [0.2, 0.25) is 0 Å². The first kappa shape index (κ1) is 13.4. The minimum Gasteiger partial charge on any atom is -0.385 e. The highest BCUT2D eigenvalue weighted by Crippen LogP contribution is 2.21. The minimum atomic E-state index is -0.216. The van der Waals surface area contributed by atoms with Crippen molar-refractivity contribution in [2.45, 2.75) is 6.92 Å². The van der Waals surface area contributed by atoms with E-state index in [-0.39, 0.29) is 5.91 Å². The molecule has 0 radical (unpaired) electrons. The summed E-state index contributed by atoms with van der Waals surface area (Å²) in [6.07, 6.45) is 3.32. The summed E-state index contributed by atoms with van der Waals surface area (Å²) in [7, 11) is 1.79. The Morgan fingerprint density at radius 2 is 2.26 bits per heavy atom. The third-order valence-electron chi connectivity index (χ3n) is 2.56. The van der Waals surface area contributed by atoms with E-state index in [4.69, 9.17) is 11.6 Å². The van der Waals surface area contributed by atoms with Crippen LogP contribution in [0.3, 0.4) is 0 Å². The monoisotopic (exact) mass is 278 g/mol. The number of anilines is 2. The summed E-state index contributed by atoms with van der Waals surface area (Å²) in [5.41, 5.74) is 1.92. The van der Waals surface area contributed by atoms with E-state index < -0.39 is 0 Å². The van der Waals surface area contributed by atoms with Crippen molar-refractivity contribution >= 4 is 28.9 Å². The summed E-state index contributed by atoms with van der Waals surface area (Å²) < 4.78 is 1.62. The zero-order valence-corrected chi connectivity index (χ0v) is 11.5. The molecule has 2 rings (SSSR count). The molecule has 0 aliphatic rings. The van der Waals surface area contributed by atoms with Crippen molar-refractivity contribution in [2.24, 2.45) is 7.05 Å². The van der Waals surface area contributed by atoms with E-state index in [2.05, 4.69) is 15.7 Å². The van der Waals surface area contributed by atoms with Crippen molar-refractivity contribution < 1.29 is 4.79 Å². The number of aromatic nitrogens is 2. The van der Waals surface area contributed by atoms with Crippen LogP contribution in [0.4, 0.5) is 11.4 Å². The number of hydrogen-bond acceptors (Lipinski definition) is 3. The number of amides is 1. The highest BCUT2D eigenvalue weighted by molar-refractivity contribution is 6.31. The van der Waals surface area contributed by atoms with Crippen LogP contribution in [0.2, 0.25) is 5.02 Å². The van der Waals surface area contributed by atoms with E-state index in [0.717, 1.165) is 12.2 Å². The lowest BCUT2D eigenvalue weighted by molar-refractivity contribution is 0.102. The Hall–Kier alpha value is -2.01. The van der Waals surface area contributed by atoms with Crippen LogP contribution in [0, 0.1) is 0 Å². The number of benzene rings is 1. The molecule has 0 bridgehead atoms. The van der Waals surface area contributed by atoms with E-state index >= 15 is 0 Å². The molecule has 1 heterocycles. The molecule has 100 valence electrons. The van der Waals surface area contributed by atoms with E-state index in [9.17, 15) is 4.79 Å². The third kappa shape index (κ3) is 3.26. The quantitative estimate of drug-likeness (QED) is 0.904. The van der Waals surface area contributed by atoms with Gasteiger partial charge in [0.05, 0.1) is 17.4 Å². The second-order valence-electron chi connectivity index (χ2n) is 4.08. The first-order valence-electron chi connectivity index (χ1n) is 5.93. The van der Waals surface area contributed by atoms with Crippen LogP contribution in [0.5, 0.6) is 0 Å². The molecule has 5 nitrogen and oxygen atoms in total. The van der Waals surface area contributed by atoms with Gasteiger partial charge in [0.1, 0.15) is 0 Å². The summed E-state index contributed by atoms with van der Waals surface area (Å²) in [5.74, 6) is -0.216. The van der Waals surface area contributed by atoms with Gasteiger partial charge in [-0.1, -0.05) is 11.6 Å². The molecule has 0 saturated carbocycles. The summed E-state index contributed by atoms with van der Waals surface area (Å²) in [5, 5.41) is 10.4. The summed E-state index contributed by atoms with van der Waals surface area (Å²) in [6.45, 7) is 2.70. The van der Waals surface area contributed by atoms with Crippen molar-refractivity contribution in [3.8, 4) is 0 Å². The lowest BCUT2D eigenvalue weighted by Crippen LogP contribution is -2.14. The maximum Gasteiger partial charge on any atom is 0.257 e. The van der Waals surface area contributed by atoms with Gasteiger partial charge in [0.25, 0.3) is 5.91 Å². The second kappa shape index (κ2) is 5.75. The van der Waals surface area contributed by atoms with E-state index in [1.807, 2.05) is 6.92 Å². The molecule has 19 heavy (non-hydrogen) atoms. The zero-order chi connectivity index (χ0) is 13.8. The molecule has 1 aromatic carbocycles. The number of nitrogens with zero attached hydrogens (tertiary/aromatic N) is 2. The Morgan fingerprint density at radius 1 is 1.47 bits per heavy atom. The molecular formula is C13H15ClN4O. The maximum atomic E-state index is 12.2. The molecule has 0 spiro atoms. The van der Waals surface area contributed by atoms with Crippen LogP contribution >= 0.6 is 11.6 Å². The number of aryl methyl sites for hydroxylation is 1. The second-order valence-corrected chi connectivity index (χ2v) is 4.51. The Balaban J connectivity index is 2.24. The fourth-order valence-electron chi connectivity index (χ4n) is 1.73. The number of halogens is 1. The molecule has 0 aliphatic heterocycles. The van der Waals surface area contributed by atoms with Crippen LogP contribution < -0.4 is 10.6 Å². The number of carbonyl (C=O) groups excluding carboxylic acids is 1. The molecule has 1 amide bonds. The number of hydrogen-bond donors (Lipinski definition) is 2. The van der Waals surface area contributed by atoms with Crippen molar-refractivity contribution in [1.82, 2.24) is 9.78 Å². The van der Waals surface area contributed by atoms with Crippen LogP contribution in [0.15, 0.2) is 30.6 Å². The molecule has 2 N–H and O–H groups in total. The van der Waals surface area contributed by atoms with Gasteiger partial charge in [0, 0.05) is 30.5 Å². The van der Waals surface area contributed by atoms with E-state index in [0.29, 0.717) is 16.3 Å². The summed E-state index contributed by atoms with van der Waals surface area (Å²) >= 11 is 5.94. The van der Waals surface area contributed by atoms with Gasteiger partial charge in [-0.15, -0.1) is 0 Å². The van der Waals surface area contributed by atoms with Crippen LogP contribution in [-0.2, 0) is 7.05 Å². The molecule has 0 saturated heterocycles. The highest BCUT2D eigenvalue weighted by Gasteiger charge is 2.12. The topological polar surface area (TPSA) is 59.0 Å². The largest absolute Gasteiger partial charge is 0.385 e. The van der Waals surface area contributed by atoms with Crippen molar-refractivity contribution in [3.63, 3.8) is 0 Å². The van der Waals surface area contributed by atoms with Gasteiger partial charge in [-0.25, -0.2) is 0 Å². The molecule has 6 heteroatoms. The fraction of sp³-hybridized carbons (Fsp3) is 0.231. The third-order valence-corrected chi connectivity index (χ3v) is 2.79. The Morgan fingerprint density at radius 3 is 2.89 bits per heavy atom. The van der Waals surface area contributed by atoms with Crippen LogP contribution in [0.1, 0.15) is 17.3 Å². The maximum absolute atomic E-state index is 12.2. The first-order valence-corrected chi connectivity index (χ1v) is 6.31. The molecule has 0 atom stereocenters. The number of carbonyl (C=O) groups is 1. The molecule has 1 aromatic heterocycles. The first-order chi connectivity index (χ1) is 9.10. The SMILES string of the molecule is CCNc1ccc(Cl)cc1C(=O)Nc1cnn(C)c1. The number of nitrogens with one attached hydrogen (secondary N) is 2. The Bertz CT molecular complexity index is 594.